The van der Waals surface area contributed by atoms with Crippen molar-refractivity contribution >= 4 is 39.0 Å². The molecule has 31 heavy (non-hydrogen) atoms. The van der Waals surface area contributed by atoms with E-state index in [1.165, 1.54) is 17.0 Å². The highest BCUT2D eigenvalue weighted by Gasteiger charge is 2.21. The number of carbonyl (C=O) groups is 1. The summed E-state index contributed by atoms with van der Waals surface area (Å²) in [5.41, 5.74) is 1.82. The van der Waals surface area contributed by atoms with Gasteiger partial charge in [-0.3, -0.25) is 9.69 Å². The van der Waals surface area contributed by atoms with Crippen molar-refractivity contribution in [3.8, 4) is 11.5 Å². The number of nitrogens with one attached hydrogen (secondary N) is 1. The van der Waals surface area contributed by atoms with Gasteiger partial charge >= 0.3 is 0 Å². The predicted molar refractivity (Wildman–Crippen MR) is 126 cm³/mol. The number of piperazine rings is 1. The molecular formula is C23H28N4O3S. The molecule has 1 amide bonds. The summed E-state index contributed by atoms with van der Waals surface area (Å²) in [5.74, 6) is 2.29. The lowest BCUT2D eigenvalue weighted by molar-refractivity contribution is -0.114. The molecule has 1 saturated heterocycles. The zero-order chi connectivity index (χ0) is 21.8. The minimum absolute atomic E-state index is 0.0995. The monoisotopic (exact) mass is 440 g/mol. The summed E-state index contributed by atoms with van der Waals surface area (Å²) in [6, 6.07) is 12.2. The van der Waals surface area contributed by atoms with Gasteiger partial charge in [0.1, 0.15) is 5.82 Å². The maximum Gasteiger partial charge on any atom is 0.221 e. The number of carbonyl (C=O) groups excluding carboxylic acids is 1. The van der Waals surface area contributed by atoms with Crippen LogP contribution in [-0.4, -0.2) is 62.1 Å². The summed E-state index contributed by atoms with van der Waals surface area (Å²) in [5, 5.41) is 4.16. The maximum absolute atomic E-state index is 11.7. The molecule has 2 heterocycles. The van der Waals surface area contributed by atoms with Crippen LogP contribution in [0.3, 0.4) is 0 Å². The van der Waals surface area contributed by atoms with Gasteiger partial charge in [-0.2, -0.15) is 4.37 Å². The Hall–Kier alpha value is -2.84. The van der Waals surface area contributed by atoms with Crippen LogP contribution in [0.4, 0.5) is 11.5 Å². The van der Waals surface area contributed by atoms with Crippen LogP contribution in [0.2, 0.25) is 0 Å². The van der Waals surface area contributed by atoms with Crippen LogP contribution in [0, 0.1) is 0 Å². The second-order valence-electron chi connectivity index (χ2n) is 7.63. The predicted octanol–water partition coefficient (Wildman–Crippen LogP) is 3.64. The third kappa shape index (κ3) is 4.75. The average molecular weight is 441 g/mol. The molecule has 1 aliphatic rings. The number of rotatable bonds is 7. The third-order valence-electron chi connectivity index (χ3n) is 5.65. The smallest absolute Gasteiger partial charge is 0.221 e. The molecule has 4 rings (SSSR count). The van der Waals surface area contributed by atoms with Crippen LogP contribution in [0.15, 0.2) is 36.4 Å². The van der Waals surface area contributed by atoms with E-state index >= 15 is 0 Å². The molecule has 8 heteroatoms. The van der Waals surface area contributed by atoms with Crippen molar-refractivity contribution in [3.05, 3.63) is 42.0 Å². The van der Waals surface area contributed by atoms with Gasteiger partial charge in [0, 0.05) is 56.8 Å². The highest BCUT2D eigenvalue weighted by atomic mass is 32.1. The highest BCUT2D eigenvalue weighted by molar-refractivity contribution is 7.13. The molecule has 0 spiro atoms. The first-order valence-corrected chi connectivity index (χ1v) is 11.2. The van der Waals surface area contributed by atoms with Crippen molar-refractivity contribution < 1.29 is 14.3 Å². The van der Waals surface area contributed by atoms with Gasteiger partial charge in [-0.15, -0.1) is 0 Å². The Bertz CT molecular complexity index is 1060. The molecule has 1 aliphatic heterocycles. The standard InChI is InChI=1S/C23H28N4O3S/c1-16(28)24-19-15-21(30-3)20(29-2)14-17(19)8-9-26-10-12-27(13-11-26)23-18-6-4-5-7-22(18)31-25-23/h4-7,14-15H,8-13H2,1-3H3,(H,24,28). The molecule has 7 nitrogen and oxygen atoms in total. The molecule has 1 fully saturated rings. The first-order valence-electron chi connectivity index (χ1n) is 10.4. The lowest BCUT2D eigenvalue weighted by Crippen LogP contribution is -2.47. The Morgan fingerprint density at radius 2 is 1.81 bits per heavy atom. The van der Waals surface area contributed by atoms with Crippen molar-refractivity contribution in [1.82, 2.24) is 9.27 Å². The number of hydrogen-bond acceptors (Lipinski definition) is 7. The SMILES string of the molecule is COc1cc(CCN2CCN(c3nsc4ccccc34)CC2)c(NC(C)=O)cc1OC. The summed E-state index contributed by atoms with van der Waals surface area (Å²) >= 11 is 1.57. The topological polar surface area (TPSA) is 66.9 Å². The van der Waals surface area contributed by atoms with Gasteiger partial charge in [-0.25, -0.2) is 0 Å². The van der Waals surface area contributed by atoms with E-state index in [-0.39, 0.29) is 5.91 Å². The lowest BCUT2D eigenvalue weighted by atomic mass is 10.1. The third-order valence-corrected chi connectivity index (χ3v) is 6.46. The van der Waals surface area contributed by atoms with Crippen molar-refractivity contribution in [2.45, 2.75) is 13.3 Å². The van der Waals surface area contributed by atoms with E-state index in [2.05, 4.69) is 39.4 Å². The quantitative estimate of drug-likeness (QED) is 0.605. The van der Waals surface area contributed by atoms with Gasteiger partial charge < -0.3 is 19.7 Å². The normalized spacial score (nSPS) is 14.6. The first-order chi connectivity index (χ1) is 15.1. The lowest BCUT2D eigenvalue weighted by Gasteiger charge is -2.35. The number of fused-ring (bicyclic) bond motifs is 1. The van der Waals surface area contributed by atoms with Crippen LogP contribution in [0.5, 0.6) is 11.5 Å². The summed E-state index contributed by atoms with van der Waals surface area (Å²) in [6.07, 6.45) is 0.815. The fourth-order valence-corrected chi connectivity index (χ4v) is 4.79. The number of anilines is 2. The number of methoxy groups -OCH3 is 2. The van der Waals surface area contributed by atoms with Crippen LogP contribution in [-0.2, 0) is 11.2 Å². The number of nitrogens with zero attached hydrogens (tertiary/aromatic N) is 3. The van der Waals surface area contributed by atoms with Crippen molar-refractivity contribution in [2.75, 3.05) is 57.2 Å². The number of aromatic nitrogens is 1. The zero-order valence-electron chi connectivity index (χ0n) is 18.2. The molecule has 0 saturated carbocycles. The molecule has 0 unspecified atom stereocenters. The molecule has 3 aromatic rings. The zero-order valence-corrected chi connectivity index (χ0v) is 19.0. The minimum Gasteiger partial charge on any atom is -0.493 e. The fourth-order valence-electron chi connectivity index (χ4n) is 4.00. The molecule has 0 bridgehead atoms. The summed E-state index contributed by atoms with van der Waals surface area (Å²) < 4.78 is 16.8. The van der Waals surface area contributed by atoms with Gasteiger partial charge in [0.2, 0.25) is 5.91 Å². The van der Waals surface area contributed by atoms with Gasteiger partial charge in [-0.1, -0.05) is 12.1 Å². The number of ether oxygens (including phenoxy) is 2. The average Bonchev–Trinajstić information content (AvgIpc) is 3.22. The molecule has 2 aromatic carbocycles. The summed E-state index contributed by atoms with van der Waals surface area (Å²) in [7, 11) is 3.22. The Labute approximate surface area is 186 Å². The van der Waals surface area contributed by atoms with E-state index in [1.807, 2.05) is 12.1 Å². The van der Waals surface area contributed by atoms with Crippen LogP contribution >= 0.6 is 11.5 Å². The number of amides is 1. The van der Waals surface area contributed by atoms with Crippen LogP contribution in [0.1, 0.15) is 12.5 Å². The Kier molecular flexibility index (Phi) is 6.58. The van der Waals surface area contributed by atoms with E-state index < -0.39 is 0 Å². The summed E-state index contributed by atoms with van der Waals surface area (Å²) in [4.78, 5) is 16.5. The maximum atomic E-state index is 11.7. The van der Waals surface area contributed by atoms with E-state index in [9.17, 15) is 4.79 Å². The second-order valence-corrected chi connectivity index (χ2v) is 8.43. The largest absolute Gasteiger partial charge is 0.493 e. The van der Waals surface area contributed by atoms with Gasteiger partial charge in [0.15, 0.2) is 11.5 Å². The van der Waals surface area contributed by atoms with Gasteiger partial charge in [0.05, 0.1) is 18.9 Å². The molecule has 0 aliphatic carbocycles. The fraction of sp³-hybridized carbons (Fsp3) is 0.391. The summed E-state index contributed by atoms with van der Waals surface area (Å²) in [6.45, 7) is 6.30. The first kappa shape index (κ1) is 21.4. The number of benzene rings is 2. The van der Waals surface area contributed by atoms with Crippen LogP contribution < -0.4 is 19.7 Å². The molecule has 1 aromatic heterocycles. The molecule has 164 valence electrons. The molecule has 1 N–H and O–H groups in total. The van der Waals surface area contributed by atoms with E-state index in [0.717, 1.165) is 56.2 Å². The molecule has 0 radical (unpaired) electrons. The van der Waals surface area contributed by atoms with E-state index in [0.29, 0.717) is 11.5 Å². The Morgan fingerprint density at radius 1 is 1.10 bits per heavy atom. The molecular weight excluding hydrogens is 412 g/mol. The van der Waals surface area contributed by atoms with Crippen molar-refractivity contribution in [1.29, 1.82) is 0 Å². The minimum atomic E-state index is -0.0995. The van der Waals surface area contributed by atoms with Crippen molar-refractivity contribution in [3.63, 3.8) is 0 Å². The molecule has 0 atom stereocenters. The number of hydrogen-bond donors (Lipinski definition) is 1. The van der Waals surface area contributed by atoms with Crippen molar-refractivity contribution in [2.24, 2.45) is 0 Å². The second kappa shape index (κ2) is 9.53. The highest BCUT2D eigenvalue weighted by Crippen LogP contribution is 2.34. The van der Waals surface area contributed by atoms with Crippen LogP contribution in [0.25, 0.3) is 10.1 Å². The van der Waals surface area contributed by atoms with Gasteiger partial charge in [0.25, 0.3) is 0 Å². The Balaban J connectivity index is 1.40. The Morgan fingerprint density at radius 3 is 2.52 bits per heavy atom. The van der Waals surface area contributed by atoms with E-state index in [1.54, 1.807) is 25.8 Å². The van der Waals surface area contributed by atoms with Gasteiger partial charge in [-0.05, 0) is 41.7 Å². The van der Waals surface area contributed by atoms with E-state index in [4.69, 9.17) is 13.8 Å².